The Kier molecular flexibility index (Phi) is 5.22. The van der Waals surface area contributed by atoms with Crippen molar-refractivity contribution in [3.8, 4) is 0 Å². The molecule has 1 saturated heterocycles. The fourth-order valence-corrected chi connectivity index (χ4v) is 2.29. The van der Waals surface area contributed by atoms with E-state index in [1.54, 1.807) is 6.92 Å². The van der Waals surface area contributed by atoms with Gasteiger partial charge in [0, 0.05) is 18.6 Å². The van der Waals surface area contributed by atoms with E-state index < -0.39 is 12.0 Å². The van der Waals surface area contributed by atoms with Crippen LogP contribution in [0.4, 0.5) is 0 Å². The van der Waals surface area contributed by atoms with Crippen LogP contribution >= 0.6 is 0 Å². The highest BCUT2D eigenvalue weighted by Gasteiger charge is 2.26. The van der Waals surface area contributed by atoms with Crippen LogP contribution in [0.25, 0.3) is 0 Å². The predicted octanol–water partition coefficient (Wildman–Crippen LogP) is 1.31. The van der Waals surface area contributed by atoms with E-state index >= 15 is 0 Å². The van der Waals surface area contributed by atoms with Crippen LogP contribution in [0.5, 0.6) is 0 Å². The second kappa shape index (κ2) is 6.21. The van der Waals surface area contributed by atoms with Crippen LogP contribution in [-0.4, -0.2) is 47.2 Å². The van der Waals surface area contributed by atoms with E-state index in [2.05, 4.69) is 24.1 Å². The summed E-state index contributed by atoms with van der Waals surface area (Å²) in [7, 11) is 0. The number of hydrogen-bond donors (Lipinski definition) is 2. The van der Waals surface area contributed by atoms with Gasteiger partial charge in [-0.1, -0.05) is 6.42 Å². The minimum absolute atomic E-state index is 0.273. The first-order valence-electron chi connectivity index (χ1n) is 6.24. The zero-order valence-corrected chi connectivity index (χ0v) is 10.6. The number of carbonyl (C=O) groups is 1. The molecule has 0 aromatic rings. The van der Waals surface area contributed by atoms with Gasteiger partial charge < -0.3 is 10.4 Å². The van der Waals surface area contributed by atoms with Gasteiger partial charge in [0.05, 0.1) is 0 Å². The van der Waals surface area contributed by atoms with Crippen LogP contribution < -0.4 is 5.32 Å². The number of carboxylic acids is 1. The minimum Gasteiger partial charge on any atom is -0.480 e. The lowest BCUT2D eigenvalue weighted by atomic mass is 10.0. The topological polar surface area (TPSA) is 52.6 Å². The Morgan fingerprint density at radius 1 is 1.44 bits per heavy atom. The van der Waals surface area contributed by atoms with Crippen LogP contribution in [-0.2, 0) is 4.79 Å². The van der Waals surface area contributed by atoms with E-state index in [4.69, 9.17) is 5.11 Å². The Hall–Kier alpha value is -0.610. The summed E-state index contributed by atoms with van der Waals surface area (Å²) in [5, 5.41) is 12.5. The monoisotopic (exact) mass is 228 g/mol. The summed E-state index contributed by atoms with van der Waals surface area (Å²) < 4.78 is 0. The molecule has 1 fully saturated rings. The van der Waals surface area contributed by atoms with Gasteiger partial charge in [0.1, 0.15) is 6.04 Å². The molecule has 2 atom stereocenters. The first-order valence-corrected chi connectivity index (χ1v) is 6.24. The molecule has 2 N–H and O–H groups in total. The molecule has 0 amide bonds. The number of rotatable bonds is 5. The zero-order chi connectivity index (χ0) is 12.1. The van der Waals surface area contributed by atoms with Gasteiger partial charge >= 0.3 is 5.97 Å². The lowest BCUT2D eigenvalue weighted by molar-refractivity contribution is -0.143. The van der Waals surface area contributed by atoms with Crippen molar-refractivity contribution in [3.05, 3.63) is 0 Å². The summed E-state index contributed by atoms with van der Waals surface area (Å²) >= 11 is 0. The van der Waals surface area contributed by atoms with Gasteiger partial charge in [-0.25, -0.2) is 0 Å². The molecule has 4 nitrogen and oxygen atoms in total. The maximum atomic E-state index is 11.0. The highest BCUT2D eigenvalue weighted by atomic mass is 16.4. The summed E-state index contributed by atoms with van der Waals surface area (Å²) in [5.41, 5.74) is 0. The van der Waals surface area contributed by atoms with E-state index in [0.29, 0.717) is 6.04 Å². The number of aliphatic carboxylic acids is 1. The highest BCUT2D eigenvalue weighted by Crippen LogP contribution is 2.13. The maximum absolute atomic E-state index is 11.0. The quantitative estimate of drug-likeness (QED) is 0.745. The van der Waals surface area contributed by atoms with Crippen LogP contribution in [0.3, 0.4) is 0 Å². The van der Waals surface area contributed by atoms with E-state index in [-0.39, 0.29) is 6.04 Å². The average molecular weight is 228 g/mol. The summed E-state index contributed by atoms with van der Waals surface area (Å²) in [6.07, 6.45) is 3.66. The molecule has 94 valence electrons. The first kappa shape index (κ1) is 13.5. The van der Waals surface area contributed by atoms with Gasteiger partial charge in [-0.3, -0.25) is 9.69 Å². The fraction of sp³-hybridized carbons (Fsp3) is 0.917. The molecule has 1 aliphatic rings. The Labute approximate surface area is 98.0 Å². The fourth-order valence-electron chi connectivity index (χ4n) is 2.29. The van der Waals surface area contributed by atoms with Crippen LogP contribution in [0.15, 0.2) is 0 Å². The van der Waals surface area contributed by atoms with Crippen LogP contribution in [0, 0.1) is 0 Å². The summed E-state index contributed by atoms with van der Waals surface area (Å²) in [4.78, 5) is 13.1. The lowest BCUT2D eigenvalue weighted by Gasteiger charge is -2.35. The van der Waals surface area contributed by atoms with Crippen molar-refractivity contribution in [3.63, 3.8) is 0 Å². The second-order valence-corrected chi connectivity index (χ2v) is 4.95. The second-order valence-electron chi connectivity index (χ2n) is 4.95. The van der Waals surface area contributed by atoms with Crippen LogP contribution in [0.1, 0.15) is 40.0 Å². The molecule has 0 aromatic carbocycles. The zero-order valence-electron chi connectivity index (χ0n) is 10.6. The number of carboxylic acid groups (broad SMARTS) is 1. The molecule has 1 heterocycles. The lowest BCUT2D eigenvalue weighted by Crippen LogP contribution is -2.51. The van der Waals surface area contributed by atoms with Gasteiger partial charge in [-0.15, -0.1) is 0 Å². The maximum Gasteiger partial charge on any atom is 0.320 e. The first-order chi connectivity index (χ1) is 7.52. The molecule has 1 aliphatic heterocycles. The van der Waals surface area contributed by atoms with Crippen molar-refractivity contribution >= 4 is 5.97 Å². The van der Waals surface area contributed by atoms with E-state index in [1.165, 1.54) is 12.8 Å². The van der Waals surface area contributed by atoms with Crippen LogP contribution in [0.2, 0.25) is 0 Å². The normalized spacial score (nSPS) is 23.7. The largest absolute Gasteiger partial charge is 0.480 e. The third kappa shape index (κ3) is 3.76. The third-order valence-electron chi connectivity index (χ3n) is 3.36. The van der Waals surface area contributed by atoms with Gasteiger partial charge in [0.25, 0.3) is 0 Å². The molecular weight excluding hydrogens is 204 g/mol. The Balaban J connectivity index is 2.52. The van der Waals surface area contributed by atoms with Gasteiger partial charge in [0.2, 0.25) is 0 Å². The molecule has 0 saturated carbocycles. The minimum atomic E-state index is -0.732. The van der Waals surface area contributed by atoms with E-state index in [9.17, 15) is 4.79 Å². The molecule has 2 unspecified atom stereocenters. The Bertz CT molecular complexity index is 225. The molecule has 0 spiro atoms. The molecule has 0 aromatic heterocycles. The summed E-state index contributed by atoms with van der Waals surface area (Å²) in [6.45, 7) is 7.79. The molecule has 1 rings (SSSR count). The van der Waals surface area contributed by atoms with Gasteiger partial charge in [-0.2, -0.15) is 0 Å². The molecule has 0 radical (unpaired) electrons. The third-order valence-corrected chi connectivity index (χ3v) is 3.36. The van der Waals surface area contributed by atoms with Crippen molar-refractivity contribution < 1.29 is 9.90 Å². The van der Waals surface area contributed by atoms with Crippen molar-refractivity contribution in [2.24, 2.45) is 0 Å². The SMILES string of the molecule is CC(C)N(CC1CCCCN1)C(C)C(=O)O. The van der Waals surface area contributed by atoms with E-state index in [0.717, 1.165) is 19.5 Å². The van der Waals surface area contributed by atoms with Crippen molar-refractivity contribution in [2.45, 2.75) is 58.2 Å². The van der Waals surface area contributed by atoms with Gasteiger partial charge in [0.15, 0.2) is 0 Å². The van der Waals surface area contributed by atoms with Crippen molar-refractivity contribution in [1.82, 2.24) is 10.2 Å². The Morgan fingerprint density at radius 3 is 2.56 bits per heavy atom. The Morgan fingerprint density at radius 2 is 2.12 bits per heavy atom. The number of hydrogen-bond acceptors (Lipinski definition) is 3. The molecule has 0 aliphatic carbocycles. The van der Waals surface area contributed by atoms with Crippen molar-refractivity contribution in [2.75, 3.05) is 13.1 Å². The summed E-state index contributed by atoms with van der Waals surface area (Å²) in [6, 6.07) is 0.330. The van der Waals surface area contributed by atoms with Gasteiger partial charge in [-0.05, 0) is 40.2 Å². The molecular formula is C12H24N2O2. The summed E-state index contributed by atoms with van der Waals surface area (Å²) in [5.74, 6) is -0.732. The van der Waals surface area contributed by atoms with E-state index in [1.807, 2.05) is 0 Å². The predicted molar refractivity (Wildman–Crippen MR) is 64.6 cm³/mol. The highest BCUT2D eigenvalue weighted by molar-refractivity contribution is 5.72. The number of nitrogens with zero attached hydrogens (tertiary/aromatic N) is 1. The average Bonchev–Trinajstić information content (AvgIpc) is 2.26. The molecule has 4 heteroatoms. The number of nitrogens with one attached hydrogen (secondary N) is 1. The molecule has 0 bridgehead atoms. The van der Waals surface area contributed by atoms with Crippen molar-refractivity contribution in [1.29, 1.82) is 0 Å². The molecule has 16 heavy (non-hydrogen) atoms. The smallest absolute Gasteiger partial charge is 0.320 e. The number of piperidine rings is 1. The standard InChI is InChI=1S/C12H24N2O2/c1-9(2)14(10(3)12(15)16)8-11-6-4-5-7-13-11/h9-11,13H,4-8H2,1-3H3,(H,15,16).